The minimum Gasteiger partial charge on any atom is -0.493 e. The molecule has 2 rings (SSSR count). The molecular formula is C22H28N2O4. The molecule has 0 radical (unpaired) electrons. The Labute approximate surface area is 166 Å². The number of para-hydroxylation sites is 3. The highest BCUT2D eigenvalue weighted by molar-refractivity contribution is 5.93. The molecule has 0 aliphatic rings. The number of anilines is 1. The van der Waals surface area contributed by atoms with Gasteiger partial charge in [-0.1, -0.05) is 37.3 Å². The molecule has 0 atom stereocenters. The molecular weight excluding hydrogens is 356 g/mol. The predicted molar refractivity (Wildman–Crippen MR) is 110 cm³/mol. The van der Waals surface area contributed by atoms with E-state index in [1.54, 1.807) is 31.1 Å². The van der Waals surface area contributed by atoms with Gasteiger partial charge in [-0.25, -0.2) is 0 Å². The average Bonchev–Trinajstić information content (AvgIpc) is 2.70. The highest BCUT2D eigenvalue weighted by atomic mass is 16.5. The summed E-state index contributed by atoms with van der Waals surface area (Å²) < 4.78 is 10.7. The number of hydrogen-bond donors (Lipinski definition) is 1. The fourth-order valence-electron chi connectivity index (χ4n) is 3.06. The summed E-state index contributed by atoms with van der Waals surface area (Å²) in [6, 6.07) is 13.2. The van der Waals surface area contributed by atoms with Gasteiger partial charge >= 0.3 is 0 Å². The van der Waals surface area contributed by atoms with Crippen LogP contribution in [0.15, 0.2) is 42.5 Å². The van der Waals surface area contributed by atoms with Gasteiger partial charge in [-0.15, -0.1) is 0 Å². The third kappa shape index (κ3) is 5.49. The van der Waals surface area contributed by atoms with E-state index in [1.807, 2.05) is 37.3 Å². The average molecular weight is 384 g/mol. The molecule has 0 unspecified atom stereocenters. The van der Waals surface area contributed by atoms with Crippen molar-refractivity contribution < 1.29 is 19.1 Å². The number of rotatable bonds is 9. The van der Waals surface area contributed by atoms with Gasteiger partial charge in [0, 0.05) is 25.7 Å². The highest BCUT2D eigenvalue weighted by Crippen LogP contribution is 2.26. The molecule has 2 aromatic rings. The minimum atomic E-state index is -0.255. The van der Waals surface area contributed by atoms with E-state index in [0.29, 0.717) is 24.6 Å². The van der Waals surface area contributed by atoms with E-state index in [4.69, 9.17) is 9.47 Å². The number of hydrogen-bond acceptors (Lipinski definition) is 4. The molecule has 0 aliphatic heterocycles. The summed E-state index contributed by atoms with van der Waals surface area (Å²) in [4.78, 5) is 26.0. The molecule has 0 saturated heterocycles. The highest BCUT2D eigenvalue weighted by Gasteiger charge is 2.17. The number of nitrogens with zero attached hydrogens (tertiary/aromatic N) is 1. The van der Waals surface area contributed by atoms with Crippen LogP contribution in [0.1, 0.15) is 25.0 Å². The van der Waals surface area contributed by atoms with Crippen LogP contribution >= 0.6 is 0 Å². The van der Waals surface area contributed by atoms with E-state index in [1.165, 1.54) is 0 Å². The van der Waals surface area contributed by atoms with Crippen molar-refractivity contribution in [2.45, 2.75) is 27.2 Å². The van der Waals surface area contributed by atoms with Crippen molar-refractivity contribution in [2.75, 3.05) is 31.7 Å². The molecule has 0 fully saturated rings. The number of aryl methyl sites for hydroxylation is 2. The van der Waals surface area contributed by atoms with Crippen molar-refractivity contribution in [1.29, 1.82) is 0 Å². The van der Waals surface area contributed by atoms with E-state index in [-0.39, 0.29) is 18.4 Å². The van der Waals surface area contributed by atoms with E-state index in [0.717, 1.165) is 23.2 Å². The lowest BCUT2D eigenvalue weighted by atomic mass is 10.0. The number of benzene rings is 2. The quantitative estimate of drug-likeness (QED) is 0.721. The molecule has 0 spiro atoms. The standard InChI is InChI=1S/C22H28N2O4/c1-5-18-10-8-9-16(2)22(18)24(17(3)25)14-13-23-21(26)15-28-20-12-7-6-11-19(20)27-4/h6-12H,5,13-15H2,1-4H3,(H,23,26). The molecule has 0 aromatic heterocycles. The van der Waals surface area contributed by atoms with Gasteiger partial charge in [0.1, 0.15) is 0 Å². The molecule has 2 aromatic carbocycles. The summed E-state index contributed by atoms with van der Waals surface area (Å²) in [5.74, 6) is 0.779. The lowest BCUT2D eigenvalue weighted by Crippen LogP contribution is -2.39. The Morgan fingerprint density at radius 1 is 1.07 bits per heavy atom. The number of carbonyl (C=O) groups is 2. The van der Waals surface area contributed by atoms with E-state index >= 15 is 0 Å². The summed E-state index contributed by atoms with van der Waals surface area (Å²) in [6.45, 7) is 6.21. The van der Waals surface area contributed by atoms with E-state index in [9.17, 15) is 9.59 Å². The molecule has 150 valence electrons. The van der Waals surface area contributed by atoms with E-state index in [2.05, 4.69) is 12.2 Å². The maximum absolute atomic E-state index is 12.2. The number of ether oxygens (including phenoxy) is 2. The lowest BCUT2D eigenvalue weighted by Gasteiger charge is -2.26. The van der Waals surface area contributed by atoms with Crippen molar-refractivity contribution in [3.05, 3.63) is 53.6 Å². The van der Waals surface area contributed by atoms with Gasteiger partial charge in [0.25, 0.3) is 5.91 Å². The van der Waals surface area contributed by atoms with Crippen molar-refractivity contribution in [3.63, 3.8) is 0 Å². The van der Waals surface area contributed by atoms with Gasteiger partial charge < -0.3 is 19.7 Å². The molecule has 28 heavy (non-hydrogen) atoms. The van der Waals surface area contributed by atoms with Crippen LogP contribution in [0, 0.1) is 6.92 Å². The Balaban J connectivity index is 1.93. The first-order valence-corrected chi connectivity index (χ1v) is 9.37. The van der Waals surface area contributed by atoms with Crippen molar-refractivity contribution in [1.82, 2.24) is 5.32 Å². The summed E-state index contributed by atoms with van der Waals surface area (Å²) in [6.07, 6.45) is 0.833. The van der Waals surface area contributed by atoms with Crippen molar-refractivity contribution in [2.24, 2.45) is 0 Å². The normalized spacial score (nSPS) is 10.3. The van der Waals surface area contributed by atoms with Crippen molar-refractivity contribution >= 4 is 17.5 Å². The second-order valence-corrected chi connectivity index (χ2v) is 6.40. The molecule has 1 N–H and O–H groups in total. The fraction of sp³-hybridized carbons (Fsp3) is 0.364. The van der Waals surface area contributed by atoms with Gasteiger partial charge in [-0.2, -0.15) is 0 Å². The lowest BCUT2D eigenvalue weighted by molar-refractivity contribution is -0.123. The number of nitrogens with one attached hydrogen (secondary N) is 1. The second-order valence-electron chi connectivity index (χ2n) is 6.40. The van der Waals surface area contributed by atoms with Crippen LogP contribution in [-0.4, -0.2) is 38.6 Å². The summed E-state index contributed by atoms with van der Waals surface area (Å²) in [5.41, 5.74) is 3.08. The molecule has 6 nitrogen and oxygen atoms in total. The fourth-order valence-corrected chi connectivity index (χ4v) is 3.06. The summed E-state index contributed by atoms with van der Waals surface area (Å²) in [7, 11) is 1.55. The maximum Gasteiger partial charge on any atom is 0.258 e. The second kappa shape index (κ2) is 10.3. The Morgan fingerprint density at radius 3 is 2.43 bits per heavy atom. The Hall–Kier alpha value is -3.02. The monoisotopic (exact) mass is 384 g/mol. The van der Waals surface area contributed by atoms with Crippen LogP contribution in [0.2, 0.25) is 0 Å². The predicted octanol–water partition coefficient (Wildman–Crippen LogP) is 3.11. The Kier molecular flexibility index (Phi) is 7.87. The third-order valence-corrected chi connectivity index (χ3v) is 4.44. The van der Waals surface area contributed by atoms with Gasteiger partial charge in [-0.05, 0) is 36.6 Å². The van der Waals surface area contributed by atoms with E-state index < -0.39 is 0 Å². The van der Waals surface area contributed by atoms with Gasteiger partial charge in [0.15, 0.2) is 18.1 Å². The van der Waals surface area contributed by atoms with Gasteiger partial charge in [0.2, 0.25) is 5.91 Å². The zero-order valence-electron chi connectivity index (χ0n) is 17.0. The van der Waals surface area contributed by atoms with Crippen LogP contribution < -0.4 is 19.7 Å². The number of methoxy groups -OCH3 is 1. The van der Waals surface area contributed by atoms with Crippen LogP contribution in [0.3, 0.4) is 0 Å². The maximum atomic E-state index is 12.2. The number of carbonyl (C=O) groups excluding carboxylic acids is 2. The number of amides is 2. The summed E-state index contributed by atoms with van der Waals surface area (Å²) in [5, 5.41) is 2.80. The Bertz CT molecular complexity index is 820. The topological polar surface area (TPSA) is 67.9 Å². The van der Waals surface area contributed by atoms with Gasteiger partial charge in [-0.3, -0.25) is 9.59 Å². The molecule has 0 aliphatic carbocycles. The van der Waals surface area contributed by atoms with Crippen LogP contribution in [0.5, 0.6) is 11.5 Å². The molecule has 0 saturated carbocycles. The smallest absolute Gasteiger partial charge is 0.258 e. The summed E-state index contributed by atoms with van der Waals surface area (Å²) >= 11 is 0. The first-order chi connectivity index (χ1) is 13.5. The minimum absolute atomic E-state index is 0.0523. The van der Waals surface area contributed by atoms with Crippen LogP contribution in [0.4, 0.5) is 5.69 Å². The SMILES string of the molecule is CCc1cccc(C)c1N(CCNC(=O)COc1ccccc1OC)C(C)=O. The first kappa shape index (κ1) is 21.3. The Morgan fingerprint density at radius 2 is 1.79 bits per heavy atom. The third-order valence-electron chi connectivity index (χ3n) is 4.44. The molecule has 2 amide bonds. The van der Waals surface area contributed by atoms with Crippen molar-refractivity contribution in [3.8, 4) is 11.5 Å². The largest absolute Gasteiger partial charge is 0.493 e. The van der Waals surface area contributed by atoms with Gasteiger partial charge in [0.05, 0.1) is 7.11 Å². The molecule has 0 heterocycles. The zero-order chi connectivity index (χ0) is 20.5. The molecule has 0 bridgehead atoms. The molecule has 6 heteroatoms. The first-order valence-electron chi connectivity index (χ1n) is 9.37. The van der Waals surface area contributed by atoms with Crippen LogP contribution in [0.25, 0.3) is 0 Å². The zero-order valence-corrected chi connectivity index (χ0v) is 17.0. The van der Waals surface area contributed by atoms with Crippen LogP contribution in [-0.2, 0) is 16.0 Å².